The lowest BCUT2D eigenvalue weighted by molar-refractivity contribution is 0.477. The molecule has 2 aromatic rings. The Morgan fingerprint density at radius 1 is 0.895 bits per heavy atom. The number of phenols is 2. The van der Waals surface area contributed by atoms with Crippen LogP contribution in [0.2, 0.25) is 0 Å². The molecule has 0 aromatic heterocycles. The second kappa shape index (κ2) is 4.36. The van der Waals surface area contributed by atoms with Gasteiger partial charge in [0.15, 0.2) is 0 Å². The summed E-state index contributed by atoms with van der Waals surface area (Å²) in [5.74, 6) is -0.270. The molecule has 0 unspecified atom stereocenters. The maximum atomic E-state index is 12.5. The fraction of sp³-hybridized carbons (Fsp3) is 0. The molecule has 0 saturated heterocycles. The van der Waals surface area contributed by atoms with Crippen LogP contribution in [0.25, 0.3) is 0 Å². The van der Waals surface area contributed by atoms with Crippen molar-refractivity contribution in [3.63, 3.8) is 0 Å². The Morgan fingerprint density at radius 2 is 1.26 bits per heavy atom. The molecular weight excluding hydrogens is 266 g/mol. The van der Waals surface area contributed by atoms with Gasteiger partial charge in [-0.05, 0) is 36.4 Å². The van der Waals surface area contributed by atoms with Gasteiger partial charge in [0.05, 0.1) is 21.2 Å². The summed E-state index contributed by atoms with van der Waals surface area (Å²) in [5.41, 5.74) is 11.1. The Morgan fingerprint density at radius 3 is 1.58 bits per heavy atom. The summed E-state index contributed by atoms with van der Waals surface area (Å²) in [4.78, 5) is 0.320. The van der Waals surface area contributed by atoms with E-state index in [-0.39, 0.29) is 32.7 Å². The van der Waals surface area contributed by atoms with Gasteiger partial charge < -0.3 is 21.7 Å². The Bertz CT molecular complexity index is 684. The number of rotatable bonds is 2. The molecule has 0 amide bonds. The van der Waals surface area contributed by atoms with Crippen LogP contribution in [-0.2, 0) is 9.73 Å². The van der Waals surface area contributed by atoms with Crippen LogP contribution in [0.1, 0.15) is 0 Å². The van der Waals surface area contributed by atoms with Crippen LogP contribution in [0.5, 0.6) is 11.5 Å². The van der Waals surface area contributed by atoms with Crippen molar-refractivity contribution in [3.8, 4) is 11.5 Å². The zero-order valence-electron chi connectivity index (χ0n) is 9.83. The molecule has 0 saturated carbocycles. The molecule has 0 aliphatic rings. The number of nitrogens with two attached hydrogens (primary N) is 2. The molecule has 0 radical (unpaired) electrons. The van der Waals surface area contributed by atoms with E-state index in [4.69, 9.17) is 16.2 Å². The average molecular weight is 279 g/mol. The average Bonchev–Trinajstić information content (AvgIpc) is 2.35. The summed E-state index contributed by atoms with van der Waals surface area (Å²) in [6.07, 6.45) is 0. The zero-order valence-corrected chi connectivity index (χ0v) is 10.6. The minimum Gasteiger partial charge on any atom is -0.506 e. The molecule has 0 spiro atoms. The number of nitrogens with one attached hydrogen (secondary N) is 1. The Hall–Kier alpha value is -2.41. The normalized spacial score (nSPS) is 11.4. The van der Waals surface area contributed by atoms with Crippen LogP contribution in [-0.4, -0.2) is 14.4 Å². The summed E-state index contributed by atoms with van der Waals surface area (Å²) in [7, 11) is -3.30. The number of benzene rings is 2. The highest BCUT2D eigenvalue weighted by Crippen LogP contribution is 2.30. The molecule has 2 rings (SSSR count). The molecule has 0 atom stereocenters. The predicted molar refractivity (Wildman–Crippen MR) is 72.4 cm³/mol. The van der Waals surface area contributed by atoms with E-state index in [1.54, 1.807) is 0 Å². The highest BCUT2D eigenvalue weighted by Gasteiger charge is 2.16. The first-order chi connectivity index (χ1) is 8.82. The lowest BCUT2D eigenvalue weighted by atomic mass is 10.3. The third-order valence-corrected chi connectivity index (χ3v) is 4.50. The van der Waals surface area contributed by atoms with Crippen molar-refractivity contribution in [2.45, 2.75) is 9.79 Å². The van der Waals surface area contributed by atoms with Crippen LogP contribution in [0.3, 0.4) is 0 Å². The second-order valence-corrected chi connectivity index (χ2v) is 6.05. The molecule has 0 bridgehead atoms. The highest BCUT2D eigenvalue weighted by molar-refractivity contribution is 7.92. The summed E-state index contributed by atoms with van der Waals surface area (Å²) < 4.78 is 20.5. The first kappa shape index (κ1) is 13.0. The fourth-order valence-electron chi connectivity index (χ4n) is 1.56. The number of hydrogen-bond acceptors (Lipinski definition) is 6. The van der Waals surface area contributed by atoms with Crippen molar-refractivity contribution in [1.82, 2.24) is 0 Å². The molecule has 0 heterocycles. The molecule has 0 aliphatic carbocycles. The van der Waals surface area contributed by atoms with Gasteiger partial charge in [-0.3, -0.25) is 0 Å². The summed E-state index contributed by atoms with van der Waals surface area (Å²) in [6.45, 7) is 0. The van der Waals surface area contributed by atoms with E-state index in [9.17, 15) is 14.4 Å². The van der Waals surface area contributed by atoms with Crippen molar-refractivity contribution >= 4 is 21.1 Å². The first-order valence-electron chi connectivity index (χ1n) is 5.28. The predicted octanol–water partition coefficient (Wildman–Crippen LogP) is 1.73. The van der Waals surface area contributed by atoms with E-state index >= 15 is 0 Å². The highest BCUT2D eigenvalue weighted by atomic mass is 32.2. The van der Waals surface area contributed by atoms with Crippen LogP contribution >= 0.6 is 0 Å². The minimum atomic E-state index is -3.30. The van der Waals surface area contributed by atoms with Crippen LogP contribution in [0.4, 0.5) is 11.4 Å². The molecule has 100 valence electrons. The molecule has 19 heavy (non-hydrogen) atoms. The van der Waals surface area contributed by atoms with Gasteiger partial charge >= 0.3 is 0 Å². The third-order valence-electron chi connectivity index (χ3n) is 2.66. The number of hydrogen-bond donors (Lipinski definition) is 5. The number of phenolic OH excluding ortho intramolecular Hbond substituents is 2. The topological polar surface area (TPSA) is 133 Å². The van der Waals surface area contributed by atoms with Gasteiger partial charge in [-0.2, -0.15) is 0 Å². The van der Waals surface area contributed by atoms with E-state index in [2.05, 4.69) is 0 Å². The van der Waals surface area contributed by atoms with Crippen LogP contribution < -0.4 is 11.5 Å². The molecule has 0 aliphatic heterocycles. The third kappa shape index (κ3) is 2.27. The van der Waals surface area contributed by atoms with Crippen molar-refractivity contribution in [2.75, 3.05) is 11.5 Å². The Kier molecular flexibility index (Phi) is 2.99. The van der Waals surface area contributed by atoms with E-state index in [1.165, 1.54) is 36.4 Å². The number of nitrogen functional groups attached to an aromatic ring is 2. The molecule has 7 N–H and O–H groups in total. The zero-order chi connectivity index (χ0) is 14.2. The number of aromatic hydroxyl groups is 2. The summed E-state index contributed by atoms with van der Waals surface area (Å²) in [5, 5.41) is 18.7. The van der Waals surface area contributed by atoms with Gasteiger partial charge in [-0.1, -0.05) is 0 Å². The lowest BCUT2D eigenvalue weighted by Crippen LogP contribution is -2.02. The standard InChI is InChI=1S/C12H13N3O3S/c13-9-5-7(1-3-11(9)16)19(15,18)8-2-4-12(17)10(14)6-8/h1-6,15-17H,13-14H2. The lowest BCUT2D eigenvalue weighted by Gasteiger charge is -2.10. The van der Waals surface area contributed by atoms with Gasteiger partial charge in [0, 0.05) is 0 Å². The Balaban J connectivity index is 2.58. The monoisotopic (exact) mass is 279 g/mol. The first-order valence-corrected chi connectivity index (χ1v) is 6.84. The van der Waals surface area contributed by atoms with Crippen LogP contribution in [0.15, 0.2) is 46.2 Å². The summed E-state index contributed by atoms with van der Waals surface area (Å²) >= 11 is 0. The van der Waals surface area contributed by atoms with Gasteiger partial charge in [0.2, 0.25) is 0 Å². The van der Waals surface area contributed by atoms with Gasteiger partial charge in [-0.15, -0.1) is 0 Å². The van der Waals surface area contributed by atoms with Gasteiger partial charge in [0.1, 0.15) is 21.2 Å². The quantitative estimate of drug-likeness (QED) is 0.421. The van der Waals surface area contributed by atoms with E-state index < -0.39 is 9.73 Å². The van der Waals surface area contributed by atoms with Crippen LogP contribution in [0, 0.1) is 4.78 Å². The second-order valence-electron chi connectivity index (χ2n) is 4.00. The smallest absolute Gasteiger partial charge is 0.138 e. The van der Waals surface area contributed by atoms with E-state index in [1.807, 2.05) is 0 Å². The maximum absolute atomic E-state index is 12.5. The summed E-state index contributed by atoms with van der Waals surface area (Å²) in [6, 6.07) is 7.86. The molecule has 7 heteroatoms. The molecular formula is C12H13N3O3S. The Labute approximate surface area is 110 Å². The molecule has 0 fully saturated rings. The SMILES string of the molecule is N=S(=O)(c1ccc(O)c(N)c1)c1ccc(O)c(N)c1. The van der Waals surface area contributed by atoms with Gasteiger partial charge in [0.25, 0.3) is 0 Å². The van der Waals surface area contributed by atoms with Crippen molar-refractivity contribution < 1.29 is 14.4 Å². The maximum Gasteiger partial charge on any atom is 0.138 e. The van der Waals surface area contributed by atoms with Crippen molar-refractivity contribution in [2.24, 2.45) is 0 Å². The van der Waals surface area contributed by atoms with Crippen molar-refractivity contribution in [3.05, 3.63) is 36.4 Å². The van der Waals surface area contributed by atoms with Gasteiger partial charge in [-0.25, -0.2) is 8.99 Å². The molecule has 2 aromatic carbocycles. The molecule has 6 nitrogen and oxygen atoms in total. The van der Waals surface area contributed by atoms with E-state index in [0.717, 1.165) is 0 Å². The van der Waals surface area contributed by atoms with E-state index in [0.29, 0.717) is 0 Å². The largest absolute Gasteiger partial charge is 0.506 e. The van der Waals surface area contributed by atoms with Crippen molar-refractivity contribution in [1.29, 1.82) is 4.78 Å². The number of anilines is 2. The minimum absolute atomic E-state index is 0.0456. The fourth-order valence-corrected chi connectivity index (χ4v) is 2.94.